The Labute approximate surface area is 103 Å². The highest BCUT2D eigenvalue weighted by molar-refractivity contribution is 7.90. The van der Waals surface area contributed by atoms with Gasteiger partial charge in [-0.25, -0.2) is 0 Å². The maximum Gasteiger partial charge on any atom is 0.301 e. The van der Waals surface area contributed by atoms with Crippen LogP contribution in [0, 0.1) is 6.92 Å². The van der Waals surface area contributed by atoms with Crippen LogP contribution in [-0.2, 0) is 10.2 Å². The number of nitrogens with one attached hydrogen (secondary N) is 1. The molecule has 0 heterocycles. The summed E-state index contributed by atoms with van der Waals surface area (Å²) in [5, 5.41) is 0. The van der Waals surface area contributed by atoms with Crippen molar-refractivity contribution >= 4 is 21.6 Å². The molecule has 0 bridgehead atoms. The number of nitrogen functional groups attached to an aromatic ring is 1. The van der Waals surface area contributed by atoms with Crippen LogP contribution in [0.3, 0.4) is 0 Å². The lowest BCUT2D eigenvalue weighted by Crippen LogP contribution is -2.37. The average Bonchev–Trinajstić information content (AvgIpc) is 2.22. The van der Waals surface area contributed by atoms with E-state index in [1.807, 2.05) is 20.8 Å². The number of hydrogen-bond donors (Lipinski definition) is 2. The molecule has 0 radical (unpaired) electrons. The highest BCUT2D eigenvalue weighted by atomic mass is 32.2. The van der Waals surface area contributed by atoms with E-state index in [0.717, 1.165) is 5.56 Å². The lowest BCUT2D eigenvalue weighted by Gasteiger charge is -2.21. The summed E-state index contributed by atoms with van der Waals surface area (Å²) in [6, 6.07) is 4.98. The van der Waals surface area contributed by atoms with Gasteiger partial charge in [-0.05, 0) is 38.5 Å². The molecule has 0 saturated heterocycles. The largest absolute Gasteiger partial charge is 0.398 e. The van der Waals surface area contributed by atoms with Crippen molar-refractivity contribution in [1.82, 2.24) is 4.31 Å². The maximum absolute atomic E-state index is 11.9. The second-order valence-corrected chi connectivity index (χ2v) is 6.02. The molecule has 0 aliphatic heterocycles. The summed E-state index contributed by atoms with van der Waals surface area (Å²) in [4.78, 5) is 0. The zero-order valence-corrected chi connectivity index (χ0v) is 11.4. The first kappa shape index (κ1) is 13.8. The van der Waals surface area contributed by atoms with Gasteiger partial charge in [-0.3, -0.25) is 4.72 Å². The zero-order chi connectivity index (χ0) is 13.2. The Bertz CT molecular complexity index is 497. The predicted octanol–water partition coefficient (Wildman–Crippen LogP) is 1.57. The maximum atomic E-state index is 11.9. The molecule has 1 aromatic carbocycles. The Hall–Kier alpha value is -1.27. The smallest absolute Gasteiger partial charge is 0.301 e. The van der Waals surface area contributed by atoms with Gasteiger partial charge in [0.05, 0.1) is 5.69 Å². The lowest BCUT2D eigenvalue weighted by atomic mass is 10.2. The molecule has 0 atom stereocenters. The Kier molecular flexibility index (Phi) is 4.00. The predicted molar refractivity (Wildman–Crippen MR) is 71.0 cm³/mol. The van der Waals surface area contributed by atoms with Crippen molar-refractivity contribution < 1.29 is 8.42 Å². The molecule has 0 aliphatic carbocycles. The molecule has 0 spiro atoms. The fourth-order valence-corrected chi connectivity index (χ4v) is 2.33. The summed E-state index contributed by atoms with van der Waals surface area (Å²) >= 11 is 0. The van der Waals surface area contributed by atoms with E-state index in [9.17, 15) is 8.42 Å². The van der Waals surface area contributed by atoms with E-state index in [0.29, 0.717) is 11.4 Å². The van der Waals surface area contributed by atoms with Gasteiger partial charge in [0.15, 0.2) is 0 Å². The summed E-state index contributed by atoms with van der Waals surface area (Å²) in [7, 11) is -1.98. The molecule has 0 aliphatic rings. The second kappa shape index (κ2) is 4.93. The molecule has 1 rings (SSSR count). The second-order valence-electron chi connectivity index (χ2n) is 4.29. The Balaban J connectivity index is 2.94. The average molecular weight is 257 g/mol. The van der Waals surface area contributed by atoms with Crippen molar-refractivity contribution in [2.75, 3.05) is 17.5 Å². The normalized spacial score (nSPS) is 12.1. The fraction of sp³-hybridized carbons (Fsp3) is 0.455. The van der Waals surface area contributed by atoms with Gasteiger partial charge in [0, 0.05) is 18.8 Å². The molecular formula is C11H19N3O2S. The highest BCUT2D eigenvalue weighted by Gasteiger charge is 2.20. The molecule has 96 valence electrons. The van der Waals surface area contributed by atoms with E-state index >= 15 is 0 Å². The van der Waals surface area contributed by atoms with Gasteiger partial charge in [-0.2, -0.15) is 12.7 Å². The van der Waals surface area contributed by atoms with Crippen LogP contribution in [0.5, 0.6) is 0 Å². The number of anilines is 2. The van der Waals surface area contributed by atoms with Crippen molar-refractivity contribution in [2.45, 2.75) is 26.8 Å². The molecular weight excluding hydrogens is 238 g/mol. The van der Waals surface area contributed by atoms with Crippen molar-refractivity contribution in [2.24, 2.45) is 0 Å². The summed E-state index contributed by atoms with van der Waals surface area (Å²) in [5.41, 5.74) is 7.69. The molecule has 0 fully saturated rings. The van der Waals surface area contributed by atoms with Gasteiger partial charge >= 0.3 is 10.2 Å². The van der Waals surface area contributed by atoms with Gasteiger partial charge in [0.2, 0.25) is 0 Å². The van der Waals surface area contributed by atoms with E-state index in [1.165, 1.54) is 11.4 Å². The number of aryl methyl sites for hydroxylation is 1. The van der Waals surface area contributed by atoms with E-state index < -0.39 is 10.2 Å². The minimum atomic E-state index is -3.51. The van der Waals surface area contributed by atoms with Crippen LogP contribution in [0.4, 0.5) is 11.4 Å². The van der Waals surface area contributed by atoms with E-state index in [4.69, 9.17) is 5.73 Å². The van der Waals surface area contributed by atoms with Gasteiger partial charge < -0.3 is 5.73 Å². The van der Waals surface area contributed by atoms with Crippen molar-refractivity contribution in [1.29, 1.82) is 0 Å². The highest BCUT2D eigenvalue weighted by Crippen LogP contribution is 2.19. The van der Waals surface area contributed by atoms with Gasteiger partial charge in [-0.1, -0.05) is 6.07 Å². The summed E-state index contributed by atoms with van der Waals surface area (Å²) in [5.74, 6) is 0. The van der Waals surface area contributed by atoms with Crippen LogP contribution in [0.2, 0.25) is 0 Å². The molecule has 1 aromatic rings. The molecule has 0 unspecified atom stereocenters. The van der Waals surface area contributed by atoms with Gasteiger partial charge in [0.1, 0.15) is 0 Å². The van der Waals surface area contributed by atoms with Crippen LogP contribution in [-0.4, -0.2) is 25.8 Å². The third-order valence-electron chi connectivity index (χ3n) is 2.63. The van der Waals surface area contributed by atoms with Crippen molar-refractivity contribution in [3.63, 3.8) is 0 Å². The minimum absolute atomic E-state index is 0.102. The van der Waals surface area contributed by atoms with E-state index in [2.05, 4.69) is 4.72 Å². The number of benzene rings is 1. The van der Waals surface area contributed by atoms with Gasteiger partial charge in [-0.15, -0.1) is 0 Å². The first-order valence-electron chi connectivity index (χ1n) is 5.36. The SMILES string of the molecule is Cc1ccc(NS(=O)(=O)N(C)C(C)C)cc1N. The number of nitrogens with two attached hydrogens (primary N) is 1. The van der Waals surface area contributed by atoms with Crippen molar-refractivity contribution in [3.8, 4) is 0 Å². The van der Waals surface area contributed by atoms with E-state index in [1.54, 1.807) is 18.2 Å². The molecule has 3 N–H and O–H groups in total. The molecule has 6 heteroatoms. The number of nitrogens with zero attached hydrogens (tertiary/aromatic N) is 1. The van der Waals surface area contributed by atoms with Crippen LogP contribution in [0.25, 0.3) is 0 Å². The molecule has 0 aromatic heterocycles. The molecule has 0 amide bonds. The standard InChI is InChI=1S/C11H19N3O2S/c1-8(2)14(4)17(15,16)13-10-6-5-9(3)11(12)7-10/h5-8,13H,12H2,1-4H3. The Morgan fingerprint density at radius 1 is 1.35 bits per heavy atom. The lowest BCUT2D eigenvalue weighted by molar-refractivity contribution is 0.414. The molecule has 0 saturated carbocycles. The third kappa shape index (κ3) is 3.34. The number of rotatable bonds is 4. The monoisotopic (exact) mass is 257 g/mol. The third-order valence-corrected chi connectivity index (χ3v) is 4.31. The van der Waals surface area contributed by atoms with Crippen LogP contribution >= 0.6 is 0 Å². The van der Waals surface area contributed by atoms with Crippen LogP contribution in [0.15, 0.2) is 18.2 Å². The van der Waals surface area contributed by atoms with Crippen LogP contribution < -0.4 is 10.5 Å². The topological polar surface area (TPSA) is 75.4 Å². The van der Waals surface area contributed by atoms with Crippen LogP contribution in [0.1, 0.15) is 19.4 Å². The Morgan fingerprint density at radius 3 is 2.41 bits per heavy atom. The first-order chi connectivity index (χ1) is 7.74. The van der Waals surface area contributed by atoms with E-state index in [-0.39, 0.29) is 6.04 Å². The Morgan fingerprint density at radius 2 is 1.94 bits per heavy atom. The zero-order valence-electron chi connectivity index (χ0n) is 10.6. The summed E-state index contributed by atoms with van der Waals surface area (Å²) < 4.78 is 27.6. The number of hydrogen-bond acceptors (Lipinski definition) is 3. The molecule has 17 heavy (non-hydrogen) atoms. The summed E-state index contributed by atoms with van der Waals surface area (Å²) in [6.07, 6.45) is 0. The first-order valence-corrected chi connectivity index (χ1v) is 6.80. The quantitative estimate of drug-likeness (QED) is 0.804. The van der Waals surface area contributed by atoms with Gasteiger partial charge in [0.25, 0.3) is 0 Å². The minimum Gasteiger partial charge on any atom is -0.398 e. The fourth-order valence-electron chi connectivity index (χ4n) is 1.20. The van der Waals surface area contributed by atoms with Crippen molar-refractivity contribution in [3.05, 3.63) is 23.8 Å². The summed E-state index contributed by atoms with van der Waals surface area (Å²) in [6.45, 7) is 5.49. The molecule has 5 nitrogen and oxygen atoms in total.